The van der Waals surface area contributed by atoms with Crippen LogP contribution in [-0.4, -0.2) is 32.2 Å². The minimum Gasteiger partial charge on any atom is -0.343 e. The lowest BCUT2D eigenvalue weighted by atomic mass is 10.2. The molecule has 9 heteroatoms. The van der Waals surface area contributed by atoms with E-state index in [2.05, 4.69) is 24.7 Å². The number of nitrogens with one attached hydrogen (secondary N) is 2. The van der Waals surface area contributed by atoms with Crippen molar-refractivity contribution in [3.8, 4) is 0 Å². The van der Waals surface area contributed by atoms with E-state index in [1.54, 1.807) is 19.2 Å². The van der Waals surface area contributed by atoms with Crippen LogP contribution in [0.2, 0.25) is 5.02 Å². The smallest absolute Gasteiger partial charge is 0.240 e. The predicted molar refractivity (Wildman–Crippen MR) is 77.4 cm³/mol. The molecule has 114 valence electrons. The molecule has 0 fully saturated rings. The normalized spacial score (nSPS) is 11.7. The molecule has 0 saturated carbocycles. The predicted octanol–water partition coefficient (Wildman–Crippen LogP) is 0.963. The Hall–Kier alpha value is -1.48. The molecule has 0 spiro atoms. The van der Waals surface area contributed by atoms with Gasteiger partial charge in [0.25, 0.3) is 0 Å². The van der Waals surface area contributed by atoms with Crippen molar-refractivity contribution in [2.24, 2.45) is 0 Å². The van der Waals surface area contributed by atoms with E-state index in [-0.39, 0.29) is 11.4 Å². The number of sulfonamides is 1. The van der Waals surface area contributed by atoms with Gasteiger partial charge in [0, 0.05) is 24.5 Å². The van der Waals surface area contributed by atoms with Crippen LogP contribution < -0.4 is 10.0 Å². The number of rotatable bonds is 7. The van der Waals surface area contributed by atoms with Crippen LogP contribution >= 0.6 is 11.6 Å². The first-order valence-electron chi connectivity index (χ1n) is 6.21. The van der Waals surface area contributed by atoms with Gasteiger partial charge >= 0.3 is 0 Å². The molecular formula is C12H15ClN4O3S. The highest BCUT2D eigenvalue weighted by atomic mass is 35.5. The second-order valence-electron chi connectivity index (χ2n) is 4.28. The maximum atomic E-state index is 12.2. The van der Waals surface area contributed by atoms with Crippen LogP contribution in [-0.2, 0) is 23.0 Å². The van der Waals surface area contributed by atoms with E-state index in [1.165, 1.54) is 12.5 Å². The fourth-order valence-corrected chi connectivity index (χ4v) is 2.99. The van der Waals surface area contributed by atoms with Crippen LogP contribution in [0.5, 0.6) is 0 Å². The maximum absolute atomic E-state index is 12.2. The Morgan fingerprint density at radius 2 is 2.19 bits per heavy atom. The molecular weight excluding hydrogens is 316 g/mol. The zero-order chi connectivity index (χ0) is 15.3. The van der Waals surface area contributed by atoms with Crippen molar-refractivity contribution < 1.29 is 12.9 Å². The quantitative estimate of drug-likeness (QED) is 0.785. The van der Waals surface area contributed by atoms with E-state index in [0.29, 0.717) is 23.8 Å². The number of halogens is 1. The fourth-order valence-electron chi connectivity index (χ4n) is 1.73. The molecule has 0 aliphatic carbocycles. The minimum atomic E-state index is -3.59. The largest absolute Gasteiger partial charge is 0.343 e. The third-order valence-electron chi connectivity index (χ3n) is 2.74. The summed E-state index contributed by atoms with van der Waals surface area (Å²) in [7, 11) is -1.83. The zero-order valence-electron chi connectivity index (χ0n) is 11.3. The molecule has 0 radical (unpaired) electrons. The topological polar surface area (TPSA) is 97.1 Å². The van der Waals surface area contributed by atoms with Gasteiger partial charge in [-0.2, -0.15) is 4.98 Å². The van der Waals surface area contributed by atoms with Crippen molar-refractivity contribution in [2.75, 3.05) is 13.6 Å². The second-order valence-corrected chi connectivity index (χ2v) is 6.45. The molecule has 2 N–H and O–H groups in total. The summed E-state index contributed by atoms with van der Waals surface area (Å²) >= 11 is 6.01. The molecule has 7 nitrogen and oxygen atoms in total. The summed E-state index contributed by atoms with van der Waals surface area (Å²) in [6, 6.07) is 4.59. The maximum Gasteiger partial charge on any atom is 0.240 e. The molecule has 21 heavy (non-hydrogen) atoms. The summed E-state index contributed by atoms with van der Waals surface area (Å²) in [6.07, 6.45) is 1.56. The summed E-state index contributed by atoms with van der Waals surface area (Å²) in [5.41, 5.74) is 0.722. The first kappa shape index (κ1) is 15.9. The molecule has 0 saturated heterocycles. The van der Waals surface area contributed by atoms with E-state index in [1.807, 2.05) is 0 Å². The Morgan fingerprint density at radius 3 is 2.86 bits per heavy atom. The van der Waals surface area contributed by atoms with Gasteiger partial charge in [-0.3, -0.25) is 0 Å². The van der Waals surface area contributed by atoms with Crippen molar-refractivity contribution >= 4 is 21.6 Å². The average molecular weight is 331 g/mol. The second kappa shape index (κ2) is 6.99. The van der Waals surface area contributed by atoms with Crippen LogP contribution in [0, 0.1) is 0 Å². The third kappa shape index (κ3) is 4.24. The monoisotopic (exact) mass is 330 g/mol. The highest BCUT2D eigenvalue weighted by Gasteiger charge is 2.15. The molecule has 0 bridgehead atoms. The summed E-state index contributed by atoms with van der Waals surface area (Å²) < 4.78 is 31.4. The van der Waals surface area contributed by atoms with E-state index in [9.17, 15) is 8.42 Å². The van der Waals surface area contributed by atoms with Gasteiger partial charge in [-0.25, -0.2) is 13.1 Å². The molecule has 0 amide bonds. The van der Waals surface area contributed by atoms with Crippen molar-refractivity contribution in [1.29, 1.82) is 0 Å². The summed E-state index contributed by atoms with van der Waals surface area (Å²) in [5, 5.41) is 7.07. The van der Waals surface area contributed by atoms with Gasteiger partial charge in [0.1, 0.15) is 0 Å². The van der Waals surface area contributed by atoms with Crippen LogP contribution in [0.15, 0.2) is 34.0 Å². The number of hydrogen-bond acceptors (Lipinski definition) is 6. The molecule has 2 aromatic rings. The van der Waals surface area contributed by atoms with Gasteiger partial charge in [-0.15, -0.1) is 0 Å². The summed E-state index contributed by atoms with van der Waals surface area (Å²) in [4.78, 5) is 3.99. The number of benzene rings is 1. The first-order chi connectivity index (χ1) is 10.0. The van der Waals surface area contributed by atoms with Crippen LogP contribution in [0.4, 0.5) is 0 Å². The Morgan fingerprint density at radius 1 is 1.38 bits per heavy atom. The third-order valence-corrected chi connectivity index (χ3v) is 4.57. The van der Waals surface area contributed by atoms with E-state index >= 15 is 0 Å². The molecule has 0 atom stereocenters. The average Bonchev–Trinajstić information content (AvgIpc) is 2.94. The molecule has 0 aliphatic heterocycles. The minimum absolute atomic E-state index is 0.172. The lowest BCUT2D eigenvalue weighted by molar-refractivity contribution is 0.410. The Kier molecular flexibility index (Phi) is 5.29. The standard InChI is InChI=1S/C12H15ClN4O3S/c1-14-7-9-6-10(2-3-11(9)13)21(18,19)16-5-4-12-15-8-20-17-12/h2-3,6,8,14,16H,4-5,7H2,1H3. The van der Waals surface area contributed by atoms with Gasteiger partial charge in [-0.05, 0) is 30.8 Å². The lowest BCUT2D eigenvalue weighted by Gasteiger charge is -2.09. The van der Waals surface area contributed by atoms with Gasteiger partial charge in [0.15, 0.2) is 5.82 Å². The Bertz CT molecular complexity index is 689. The van der Waals surface area contributed by atoms with Gasteiger partial charge in [-0.1, -0.05) is 16.8 Å². The molecule has 2 rings (SSSR count). The number of hydrogen-bond donors (Lipinski definition) is 2. The number of aromatic nitrogens is 2. The number of nitrogens with zero attached hydrogens (tertiary/aromatic N) is 2. The van der Waals surface area contributed by atoms with Crippen LogP contribution in [0.25, 0.3) is 0 Å². The summed E-state index contributed by atoms with van der Waals surface area (Å²) in [5.74, 6) is 0.449. The van der Waals surface area contributed by atoms with Crippen molar-refractivity contribution in [3.05, 3.63) is 41.0 Å². The zero-order valence-corrected chi connectivity index (χ0v) is 12.9. The first-order valence-corrected chi connectivity index (χ1v) is 8.07. The Balaban J connectivity index is 2.06. The van der Waals surface area contributed by atoms with Gasteiger partial charge in [0.2, 0.25) is 16.4 Å². The molecule has 1 aromatic carbocycles. The summed E-state index contributed by atoms with van der Waals surface area (Å²) in [6.45, 7) is 0.677. The van der Waals surface area contributed by atoms with E-state index in [4.69, 9.17) is 11.6 Å². The lowest BCUT2D eigenvalue weighted by Crippen LogP contribution is -2.26. The van der Waals surface area contributed by atoms with Gasteiger partial charge < -0.3 is 9.84 Å². The molecule has 1 heterocycles. The van der Waals surface area contributed by atoms with Crippen molar-refractivity contribution in [3.63, 3.8) is 0 Å². The van der Waals surface area contributed by atoms with Crippen molar-refractivity contribution in [1.82, 2.24) is 20.2 Å². The highest BCUT2D eigenvalue weighted by Crippen LogP contribution is 2.20. The molecule has 0 unspecified atom stereocenters. The SMILES string of the molecule is CNCc1cc(S(=O)(=O)NCCc2ncon2)ccc1Cl. The van der Waals surface area contributed by atoms with Crippen molar-refractivity contribution in [2.45, 2.75) is 17.9 Å². The molecule has 0 aliphatic rings. The van der Waals surface area contributed by atoms with E-state index < -0.39 is 10.0 Å². The molecule has 1 aromatic heterocycles. The van der Waals surface area contributed by atoms with Crippen LogP contribution in [0.3, 0.4) is 0 Å². The van der Waals surface area contributed by atoms with Gasteiger partial charge in [0.05, 0.1) is 4.90 Å². The fraction of sp³-hybridized carbons (Fsp3) is 0.333. The Labute approximate surface area is 127 Å². The highest BCUT2D eigenvalue weighted by molar-refractivity contribution is 7.89. The van der Waals surface area contributed by atoms with E-state index in [0.717, 1.165) is 5.56 Å². The van der Waals surface area contributed by atoms with Crippen LogP contribution in [0.1, 0.15) is 11.4 Å².